The molecule has 4 heteroatoms. The number of benzene rings is 1. The molecule has 0 saturated carbocycles. The maximum absolute atomic E-state index is 6.07. The SMILES string of the molecule is COCCC(C)CNC(c1ccccn1)c1cc2ccccc2o1. The fraction of sp³-hybridized carbons (Fsp3) is 0.350. The summed E-state index contributed by atoms with van der Waals surface area (Å²) in [7, 11) is 1.74. The van der Waals surface area contributed by atoms with Crippen molar-refractivity contribution in [3.8, 4) is 0 Å². The minimum Gasteiger partial charge on any atom is -0.459 e. The molecule has 4 nitrogen and oxygen atoms in total. The van der Waals surface area contributed by atoms with Crippen molar-refractivity contribution in [3.63, 3.8) is 0 Å². The predicted molar refractivity (Wildman–Crippen MR) is 96.0 cm³/mol. The predicted octanol–water partition coefficient (Wildman–Crippen LogP) is 4.18. The van der Waals surface area contributed by atoms with Gasteiger partial charge in [-0.15, -0.1) is 0 Å². The van der Waals surface area contributed by atoms with Crippen molar-refractivity contribution in [2.45, 2.75) is 19.4 Å². The van der Waals surface area contributed by atoms with Gasteiger partial charge < -0.3 is 14.5 Å². The molecule has 3 aromatic rings. The fourth-order valence-corrected chi connectivity index (χ4v) is 2.78. The largest absolute Gasteiger partial charge is 0.459 e. The number of aromatic nitrogens is 1. The molecule has 0 amide bonds. The van der Waals surface area contributed by atoms with E-state index in [4.69, 9.17) is 9.15 Å². The van der Waals surface area contributed by atoms with Gasteiger partial charge in [-0.3, -0.25) is 4.98 Å². The number of methoxy groups -OCH3 is 1. The molecule has 2 atom stereocenters. The number of hydrogen-bond donors (Lipinski definition) is 1. The lowest BCUT2D eigenvalue weighted by atomic mass is 10.1. The van der Waals surface area contributed by atoms with Gasteiger partial charge in [-0.25, -0.2) is 0 Å². The molecule has 0 radical (unpaired) electrons. The lowest BCUT2D eigenvalue weighted by Crippen LogP contribution is -2.28. The molecule has 2 heterocycles. The molecule has 0 aliphatic heterocycles. The highest BCUT2D eigenvalue weighted by molar-refractivity contribution is 5.77. The van der Waals surface area contributed by atoms with Gasteiger partial charge in [0.1, 0.15) is 17.4 Å². The van der Waals surface area contributed by atoms with E-state index >= 15 is 0 Å². The molecule has 2 aromatic heterocycles. The Balaban J connectivity index is 1.82. The Labute approximate surface area is 142 Å². The second kappa shape index (κ2) is 8.08. The number of furan rings is 1. The van der Waals surface area contributed by atoms with E-state index in [1.807, 2.05) is 42.6 Å². The van der Waals surface area contributed by atoms with Crippen molar-refractivity contribution in [2.24, 2.45) is 5.92 Å². The third-order valence-electron chi connectivity index (χ3n) is 4.20. The van der Waals surface area contributed by atoms with Gasteiger partial charge in [0, 0.05) is 25.3 Å². The molecule has 3 rings (SSSR count). The second-order valence-electron chi connectivity index (χ2n) is 6.17. The number of rotatable bonds is 8. The molecular weight excluding hydrogens is 300 g/mol. The zero-order chi connectivity index (χ0) is 16.8. The Morgan fingerprint density at radius 3 is 2.75 bits per heavy atom. The summed E-state index contributed by atoms with van der Waals surface area (Å²) in [6.45, 7) is 3.88. The van der Waals surface area contributed by atoms with Gasteiger partial charge in [0.15, 0.2) is 0 Å². The number of nitrogens with one attached hydrogen (secondary N) is 1. The summed E-state index contributed by atoms with van der Waals surface area (Å²) in [5.74, 6) is 1.41. The van der Waals surface area contributed by atoms with E-state index in [-0.39, 0.29) is 6.04 Å². The minimum absolute atomic E-state index is 0.0522. The lowest BCUT2D eigenvalue weighted by molar-refractivity contribution is 0.179. The zero-order valence-corrected chi connectivity index (χ0v) is 14.2. The van der Waals surface area contributed by atoms with Crippen LogP contribution >= 0.6 is 0 Å². The van der Waals surface area contributed by atoms with Crippen LogP contribution in [0.3, 0.4) is 0 Å². The summed E-state index contributed by atoms with van der Waals surface area (Å²) in [5, 5.41) is 4.72. The molecule has 1 N–H and O–H groups in total. The Morgan fingerprint density at radius 2 is 2.00 bits per heavy atom. The van der Waals surface area contributed by atoms with Crippen molar-refractivity contribution >= 4 is 11.0 Å². The Bertz CT molecular complexity index is 721. The number of pyridine rings is 1. The molecule has 0 bridgehead atoms. The van der Waals surface area contributed by atoms with E-state index in [1.54, 1.807) is 7.11 Å². The first-order valence-corrected chi connectivity index (χ1v) is 8.39. The van der Waals surface area contributed by atoms with Gasteiger partial charge in [-0.05, 0) is 43.1 Å². The molecule has 0 aliphatic carbocycles. The van der Waals surface area contributed by atoms with Crippen LogP contribution < -0.4 is 5.32 Å². The van der Waals surface area contributed by atoms with Crippen LogP contribution in [0.1, 0.15) is 30.8 Å². The summed E-state index contributed by atoms with van der Waals surface area (Å²) in [6.07, 6.45) is 2.85. The average molecular weight is 324 g/mol. The summed E-state index contributed by atoms with van der Waals surface area (Å²) >= 11 is 0. The van der Waals surface area contributed by atoms with Crippen LogP contribution in [0.25, 0.3) is 11.0 Å². The zero-order valence-electron chi connectivity index (χ0n) is 14.2. The molecular formula is C20H24N2O2. The van der Waals surface area contributed by atoms with Gasteiger partial charge >= 0.3 is 0 Å². The number of fused-ring (bicyclic) bond motifs is 1. The average Bonchev–Trinajstić information content (AvgIpc) is 3.04. The summed E-state index contributed by atoms with van der Waals surface area (Å²) in [5.41, 5.74) is 1.87. The van der Waals surface area contributed by atoms with Crippen LogP contribution in [-0.2, 0) is 4.74 Å². The quantitative estimate of drug-likeness (QED) is 0.675. The summed E-state index contributed by atoms with van der Waals surface area (Å²) in [4.78, 5) is 4.52. The van der Waals surface area contributed by atoms with Crippen molar-refractivity contribution in [1.29, 1.82) is 0 Å². The van der Waals surface area contributed by atoms with Gasteiger partial charge in [-0.2, -0.15) is 0 Å². The highest BCUT2D eigenvalue weighted by Gasteiger charge is 2.20. The van der Waals surface area contributed by atoms with Gasteiger partial charge in [0.2, 0.25) is 0 Å². The topological polar surface area (TPSA) is 47.3 Å². The molecule has 126 valence electrons. The first-order chi connectivity index (χ1) is 11.8. The van der Waals surface area contributed by atoms with E-state index in [2.05, 4.69) is 29.4 Å². The van der Waals surface area contributed by atoms with E-state index in [0.717, 1.165) is 42.0 Å². The molecule has 24 heavy (non-hydrogen) atoms. The van der Waals surface area contributed by atoms with Crippen LogP contribution in [0, 0.1) is 5.92 Å². The molecule has 2 unspecified atom stereocenters. The van der Waals surface area contributed by atoms with Crippen LogP contribution in [0.2, 0.25) is 0 Å². The highest BCUT2D eigenvalue weighted by Crippen LogP contribution is 2.27. The van der Waals surface area contributed by atoms with Crippen LogP contribution in [0.5, 0.6) is 0 Å². The molecule has 1 aromatic carbocycles. The van der Waals surface area contributed by atoms with Crippen molar-refractivity contribution in [2.75, 3.05) is 20.3 Å². The van der Waals surface area contributed by atoms with E-state index < -0.39 is 0 Å². The molecule has 0 aliphatic rings. The van der Waals surface area contributed by atoms with E-state index in [9.17, 15) is 0 Å². The van der Waals surface area contributed by atoms with Crippen molar-refractivity contribution in [3.05, 3.63) is 66.2 Å². The lowest BCUT2D eigenvalue weighted by Gasteiger charge is -2.19. The van der Waals surface area contributed by atoms with Crippen LogP contribution in [0.4, 0.5) is 0 Å². The Kier molecular flexibility index (Phi) is 5.62. The minimum atomic E-state index is -0.0522. The third-order valence-corrected chi connectivity index (χ3v) is 4.20. The number of nitrogens with zero attached hydrogens (tertiary/aromatic N) is 1. The first kappa shape index (κ1) is 16.7. The van der Waals surface area contributed by atoms with Crippen molar-refractivity contribution < 1.29 is 9.15 Å². The molecule has 0 fully saturated rings. The monoisotopic (exact) mass is 324 g/mol. The molecule has 0 saturated heterocycles. The highest BCUT2D eigenvalue weighted by atomic mass is 16.5. The number of ether oxygens (including phenoxy) is 1. The summed E-state index contributed by atoms with van der Waals surface area (Å²) in [6, 6.07) is 16.1. The van der Waals surface area contributed by atoms with Gasteiger partial charge in [-0.1, -0.05) is 31.2 Å². The second-order valence-corrected chi connectivity index (χ2v) is 6.17. The standard InChI is InChI=1S/C20H24N2O2/c1-15(10-12-23-2)14-22-20(17-8-5-6-11-21-17)19-13-16-7-3-4-9-18(16)24-19/h3-9,11,13,15,20,22H,10,12,14H2,1-2H3. The Hall–Kier alpha value is -2.17. The molecule has 0 spiro atoms. The maximum Gasteiger partial charge on any atom is 0.134 e. The van der Waals surface area contributed by atoms with E-state index in [1.165, 1.54) is 0 Å². The van der Waals surface area contributed by atoms with Crippen LogP contribution in [-0.4, -0.2) is 25.2 Å². The van der Waals surface area contributed by atoms with Crippen LogP contribution in [0.15, 0.2) is 59.1 Å². The van der Waals surface area contributed by atoms with E-state index in [0.29, 0.717) is 5.92 Å². The normalized spacial score (nSPS) is 13.9. The smallest absolute Gasteiger partial charge is 0.134 e. The third kappa shape index (κ3) is 4.02. The van der Waals surface area contributed by atoms with Gasteiger partial charge in [0.05, 0.1) is 5.69 Å². The fourth-order valence-electron chi connectivity index (χ4n) is 2.78. The Morgan fingerprint density at radius 1 is 1.17 bits per heavy atom. The van der Waals surface area contributed by atoms with Crippen molar-refractivity contribution in [1.82, 2.24) is 10.3 Å². The van der Waals surface area contributed by atoms with Gasteiger partial charge in [0.25, 0.3) is 0 Å². The maximum atomic E-state index is 6.07. The number of hydrogen-bond acceptors (Lipinski definition) is 4. The number of para-hydroxylation sites is 1. The summed E-state index contributed by atoms with van der Waals surface area (Å²) < 4.78 is 11.2. The first-order valence-electron chi connectivity index (χ1n) is 8.39.